The first-order chi connectivity index (χ1) is 10.1. The smallest absolute Gasteiger partial charge is 0.310 e. The van der Waals surface area contributed by atoms with Gasteiger partial charge in [0.1, 0.15) is 5.75 Å². The van der Waals surface area contributed by atoms with Gasteiger partial charge >= 0.3 is 5.97 Å². The van der Waals surface area contributed by atoms with E-state index in [1.54, 1.807) is 29.2 Å². The molecule has 1 unspecified atom stereocenters. The van der Waals surface area contributed by atoms with Gasteiger partial charge in [0.2, 0.25) is 5.91 Å². The van der Waals surface area contributed by atoms with Gasteiger partial charge in [-0.15, -0.1) is 0 Å². The normalized spacial score (nSPS) is 17.6. The molecule has 114 valence electrons. The standard InChI is InChI=1S/C15H18ClNO4/c1-20-15(19)11-5-7-17(10-11)14(18)6-8-21-13-4-2-3-12(16)9-13/h2-4,9,11H,5-8,10H2,1H3. The van der Waals surface area contributed by atoms with Crippen molar-refractivity contribution in [1.82, 2.24) is 4.90 Å². The highest BCUT2D eigenvalue weighted by Crippen LogP contribution is 2.19. The lowest BCUT2D eigenvalue weighted by Gasteiger charge is -2.16. The molecule has 5 nitrogen and oxygen atoms in total. The summed E-state index contributed by atoms with van der Waals surface area (Å²) in [7, 11) is 1.37. The number of nitrogens with zero attached hydrogens (tertiary/aromatic N) is 1. The lowest BCUT2D eigenvalue weighted by atomic mass is 10.1. The highest BCUT2D eigenvalue weighted by atomic mass is 35.5. The van der Waals surface area contributed by atoms with E-state index in [1.807, 2.05) is 0 Å². The summed E-state index contributed by atoms with van der Waals surface area (Å²) in [5, 5.41) is 0.597. The number of amides is 1. The van der Waals surface area contributed by atoms with Crippen LogP contribution in [0.2, 0.25) is 5.02 Å². The molecular weight excluding hydrogens is 294 g/mol. The molecule has 0 saturated carbocycles. The fourth-order valence-electron chi connectivity index (χ4n) is 2.32. The number of rotatable bonds is 5. The Morgan fingerprint density at radius 1 is 1.43 bits per heavy atom. The van der Waals surface area contributed by atoms with E-state index in [-0.39, 0.29) is 24.2 Å². The number of esters is 1. The van der Waals surface area contributed by atoms with Crippen molar-refractivity contribution in [2.24, 2.45) is 5.92 Å². The molecule has 0 aliphatic carbocycles. The SMILES string of the molecule is COC(=O)C1CCN(C(=O)CCOc2cccc(Cl)c2)C1. The van der Waals surface area contributed by atoms with Crippen molar-refractivity contribution < 1.29 is 19.1 Å². The number of hydrogen-bond acceptors (Lipinski definition) is 4. The van der Waals surface area contributed by atoms with Crippen LogP contribution < -0.4 is 4.74 Å². The highest BCUT2D eigenvalue weighted by Gasteiger charge is 2.31. The number of methoxy groups -OCH3 is 1. The van der Waals surface area contributed by atoms with E-state index in [1.165, 1.54) is 7.11 Å². The van der Waals surface area contributed by atoms with Crippen molar-refractivity contribution >= 4 is 23.5 Å². The maximum absolute atomic E-state index is 12.0. The fourth-order valence-corrected chi connectivity index (χ4v) is 2.50. The summed E-state index contributed by atoms with van der Waals surface area (Å²) in [5.41, 5.74) is 0. The zero-order chi connectivity index (χ0) is 15.2. The minimum Gasteiger partial charge on any atom is -0.493 e. The van der Waals surface area contributed by atoms with Crippen molar-refractivity contribution in [3.63, 3.8) is 0 Å². The average Bonchev–Trinajstić information content (AvgIpc) is 2.96. The first-order valence-corrected chi connectivity index (χ1v) is 7.22. The minimum absolute atomic E-state index is 0.0107. The topological polar surface area (TPSA) is 55.8 Å². The molecule has 1 aliphatic rings. The lowest BCUT2D eigenvalue weighted by molar-refractivity contribution is -0.145. The van der Waals surface area contributed by atoms with Gasteiger partial charge in [0.05, 0.1) is 26.1 Å². The van der Waals surface area contributed by atoms with E-state index < -0.39 is 0 Å². The second-order valence-electron chi connectivity index (χ2n) is 4.90. The molecule has 1 fully saturated rings. The van der Waals surface area contributed by atoms with E-state index in [4.69, 9.17) is 21.1 Å². The lowest BCUT2D eigenvalue weighted by Crippen LogP contribution is -2.31. The van der Waals surface area contributed by atoms with Crippen molar-refractivity contribution in [3.8, 4) is 5.75 Å². The molecule has 1 amide bonds. The van der Waals surface area contributed by atoms with E-state index in [0.717, 1.165) is 0 Å². The van der Waals surface area contributed by atoms with Gasteiger partial charge in [-0.05, 0) is 24.6 Å². The molecule has 1 aromatic rings. The van der Waals surface area contributed by atoms with E-state index in [2.05, 4.69) is 0 Å². The van der Waals surface area contributed by atoms with Crippen molar-refractivity contribution in [1.29, 1.82) is 0 Å². The fraction of sp³-hybridized carbons (Fsp3) is 0.467. The third-order valence-electron chi connectivity index (χ3n) is 3.46. The second-order valence-corrected chi connectivity index (χ2v) is 5.34. The Balaban J connectivity index is 1.74. The second kappa shape index (κ2) is 7.31. The molecule has 0 spiro atoms. The summed E-state index contributed by atoms with van der Waals surface area (Å²) in [4.78, 5) is 25.1. The number of likely N-dealkylation sites (tertiary alicyclic amines) is 1. The van der Waals surface area contributed by atoms with Gasteiger partial charge in [0.15, 0.2) is 0 Å². The summed E-state index contributed by atoms with van der Waals surface area (Å²) < 4.78 is 10.2. The van der Waals surface area contributed by atoms with Crippen LogP contribution in [0.3, 0.4) is 0 Å². The Morgan fingerprint density at radius 2 is 2.24 bits per heavy atom. The Kier molecular flexibility index (Phi) is 5.44. The van der Waals surface area contributed by atoms with Gasteiger partial charge in [-0.3, -0.25) is 9.59 Å². The zero-order valence-corrected chi connectivity index (χ0v) is 12.6. The predicted molar refractivity (Wildman–Crippen MR) is 78.3 cm³/mol. The van der Waals surface area contributed by atoms with Crippen molar-refractivity contribution in [2.45, 2.75) is 12.8 Å². The quantitative estimate of drug-likeness (QED) is 0.782. The summed E-state index contributed by atoms with van der Waals surface area (Å²) in [6, 6.07) is 7.05. The predicted octanol–water partition coefficient (Wildman–Crippen LogP) is 2.13. The molecule has 1 saturated heterocycles. The largest absolute Gasteiger partial charge is 0.493 e. The summed E-state index contributed by atoms with van der Waals surface area (Å²) in [6.07, 6.45) is 0.938. The number of ether oxygens (including phenoxy) is 2. The molecule has 1 atom stereocenters. The summed E-state index contributed by atoms with van der Waals surface area (Å²) in [5.74, 6) is 0.181. The molecule has 0 N–H and O–H groups in total. The van der Waals surface area contributed by atoms with Crippen LogP contribution in [0.25, 0.3) is 0 Å². The van der Waals surface area contributed by atoms with E-state index in [9.17, 15) is 9.59 Å². The third kappa shape index (κ3) is 4.36. The molecule has 0 aromatic heterocycles. The van der Waals surface area contributed by atoms with Crippen LogP contribution in [-0.2, 0) is 14.3 Å². The van der Waals surface area contributed by atoms with Gasteiger partial charge < -0.3 is 14.4 Å². The monoisotopic (exact) mass is 311 g/mol. The molecule has 21 heavy (non-hydrogen) atoms. The number of carbonyl (C=O) groups is 2. The summed E-state index contributed by atoms with van der Waals surface area (Å²) in [6.45, 7) is 1.32. The number of benzene rings is 1. The van der Waals surface area contributed by atoms with Crippen molar-refractivity contribution in [2.75, 3.05) is 26.8 Å². The van der Waals surface area contributed by atoms with Crippen LogP contribution in [0.5, 0.6) is 5.75 Å². The molecule has 1 aromatic carbocycles. The van der Waals surface area contributed by atoms with Gasteiger partial charge in [0.25, 0.3) is 0 Å². The minimum atomic E-state index is -0.250. The summed E-state index contributed by atoms with van der Waals surface area (Å²) >= 11 is 5.85. The zero-order valence-electron chi connectivity index (χ0n) is 11.9. The molecule has 0 bridgehead atoms. The van der Waals surface area contributed by atoms with Crippen LogP contribution in [0.1, 0.15) is 12.8 Å². The van der Waals surface area contributed by atoms with E-state index >= 15 is 0 Å². The van der Waals surface area contributed by atoms with Gasteiger partial charge in [-0.1, -0.05) is 17.7 Å². The number of halogens is 1. The van der Waals surface area contributed by atoms with Crippen LogP contribution in [0.15, 0.2) is 24.3 Å². The van der Waals surface area contributed by atoms with Gasteiger partial charge in [-0.2, -0.15) is 0 Å². The Bertz CT molecular complexity index is 520. The third-order valence-corrected chi connectivity index (χ3v) is 3.69. The molecule has 6 heteroatoms. The van der Waals surface area contributed by atoms with Crippen molar-refractivity contribution in [3.05, 3.63) is 29.3 Å². The highest BCUT2D eigenvalue weighted by molar-refractivity contribution is 6.30. The molecular formula is C15H18ClNO4. The Labute approximate surface area is 128 Å². The average molecular weight is 312 g/mol. The number of carbonyl (C=O) groups excluding carboxylic acids is 2. The molecule has 1 heterocycles. The van der Waals surface area contributed by atoms with Crippen LogP contribution in [-0.4, -0.2) is 43.6 Å². The van der Waals surface area contributed by atoms with Gasteiger partial charge in [0, 0.05) is 18.1 Å². The molecule has 1 aliphatic heterocycles. The first-order valence-electron chi connectivity index (χ1n) is 6.84. The molecule has 2 rings (SSSR count). The van der Waals surface area contributed by atoms with Crippen LogP contribution in [0, 0.1) is 5.92 Å². The first kappa shape index (κ1) is 15.6. The maximum Gasteiger partial charge on any atom is 0.310 e. The maximum atomic E-state index is 12.0. The number of hydrogen-bond donors (Lipinski definition) is 0. The van der Waals surface area contributed by atoms with Crippen LogP contribution >= 0.6 is 11.6 Å². The van der Waals surface area contributed by atoms with E-state index in [0.29, 0.717) is 36.9 Å². The molecule has 0 radical (unpaired) electrons. The van der Waals surface area contributed by atoms with Gasteiger partial charge in [-0.25, -0.2) is 0 Å². The Hall–Kier alpha value is -1.75. The Morgan fingerprint density at radius 3 is 2.95 bits per heavy atom. The van der Waals surface area contributed by atoms with Crippen LogP contribution in [0.4, 0.5) is 0 Å².